The van der Waals surface area contributed by atoms with Crippen molar-refractivity contribution in [1.29, 1.82) is 0 Å². The maximum absolute atomic E-state index is 12.9. The minimum atomic E-state index is -0.390. The second-order valence-corrected chi connectivity index (χ2v) is 6.53. The molecule has 0 spiro atoms. The number of hydrogen-bond donors (Lipinski definition) is 1. The van der Waals surface area contributed by atoms with Crippen LogP contribution in [-0.4, -0.2) is 4.57 Å². The minimum absolute atomic E-state index is 0.0225. The number of aryl methyl sites for hydroxylation is 1. The molecule has 0 saturated carbocycles. The van der Waals surface area contributed by atoms with Gasteiger partial charge < -0.3 is 10.3 Å². The minimum Gasteiger partial charge on any atom is -0.320 e. The van der Waals surface area contributed by atoms with Gasteiger partial charge in [0.15, 0.2) is 0 Å². The Morgan fingerprint density at radius 1 is 0.955 bits per heavy atom. The summed E-state index contributed by atoms with van der Waals surface area (Å²) >= 11 is 0. The predicted octanol–water partition coefficient (Wildman–Crippen LogP) is 3.91. The Kier molecular flexibility index (Phi) is 4.87. The van der Waals surface area contributed by atoms with Gasteiger partial charge in [-0.15, -0.1) is 0 Å². The summed E-state index contributed by atoms with van der Waals surface area (Å²) in [5.74, 6) is 0.305. The Balaban J connectivity index is 2.54. The van der Waals surface area contributed by atoms with E-state index in [0.29, 0.717) is 11.5 Å². The Labute approximate surface area is 132 Å². The molecule has 2 aromatic rings. The van der Waals surface area contributed by atoms with Crippen LogP contribution >= 0.6 is 0 Å². The third-order valence-corrected chi connectivity index (χ3v) is 4.06. The van der Waals surface area contributed by atoms with Crippen molar-refractivity contribution in [1.82, 2.24) is 4.57 Å². The predicted molar refractivity (Wildman–Crippen MR) is 92.4 cm³/mol. The van der Waals surface area contributed by atoms with E-state index in [9.17, 15) is 4.79 Å². The maximum atomic E-state index is 12.9. The molecule has 0 bridgehead atoms. The van der Waals surface area contributed by atoms with E-state index in [0.717, 1.165) is 11.3 Å². The highest BCUT2D eigenvalue weighted by Gasteiger charge is 2.18. The summed E-state index contributed by atoms with van der Waals surface area (Å²) in [4.78, 5) is 12.9. The third kappa shape index (κ3) is 3.14. The molecule has 1 aromatic heterocycles. The Morgan fingerprint density at radius 3 is 2.05 bits per heavy atom. The fourth-order valence-corrected chi connectivity index (χ4v) is 2.78. The fourth-order valence-electron chi connectivity index (χ4n) is 2.78. The van der Waals surface area contributed by atoms with Crippen LogP contribution in [0.1, 0.15) is 68.1 Å². The van der Waals surface area contributed by atoms with Gasteiger partial charge in [0.05, 0.1) is 6.04 Å². The van der Waals surface area contributed by atoms with Crippen LogP contribution in [0.5, 0.6) is 0 Å². The van der Waals surface area contributed by atoms with Crippen molar-refractivity contribution < 1.29 is 0 Å². The lowest BCUT2D eigenvalue weighted by Crippen LogP contribution is -2.32. The van der Waals surface area contributed by atoms with Crippen LogP contribution in [0.15, 0.2) is 41.2 Å². The van der Waals surface area contributed by atoms with Gasteiger partial charge >= 0.3 is 0 Å². The van der Waals surface area contributed by atoms with Crippen LogP contribution in [0.3, 0.4) is 0 Å². The maximum Gasteiger partial charge on any atom is 0.256 e. The second-order valence-electron chi connectivity index (χ2n) is 6.53. The average Bonchev–Trinajstić information content (AvgIpc) is 2.46. The molecule has 118 valence electrons. The largest absolute Gasteiger partial charge is 0.320 e. The first-order valence-corrected chi connectivity index (χ1v) is 7.90. The SMILES string of the molecule is Cc1ccc(C(N)c2ccc(C(C)C)n(C(C)C)c2=O)cc1. The van der Waals surface area contributed by atoms with Crippen molar-refractivity contribution in [3.8, 4) is 0 Å². The van der Waals surface area contributed by atoms with E-state index in [1.165, 1.54) is 5.56 Å². The molecule has 1 heterocycles. The summed E-state index contributed by atoms with van der Waals surface area (Å²) in [7, 11) is 0. The van der Waals surface area contributed by atoms with Crippen LogP contribution < -0.4 is 11.3 Å². The van der Waals surface area contributed by atoms with E-state index < -0.39 is 0 Å². The molecule has 0 aliphatic rings. The van der Waals surface area contributed by atoms with Crippen molar-refractivity contribution in [3.05, 3.63) is 69.1 Å². The molecule has 3 heteroatoms. The molecule has 0 amide bonds. The molecule has 0 aliphatic carbocycles. The lowest BCUT2D eigenvalue weighted by Gasteiger charge is -2.22. The second kappa shape index (κ2) is 6.49. The van der Waals surface area contributed by atoms with Gasteiger partial charge in [-0.05, 0) is 44.4 Å². The molecule has 1 aromatic carbocycles. The van der Waals surface area contributed by atoms with E-state index in [1.807, 2.05) is 61.7 Å². The molecule has 0 radical (unpaired) electrons. The van der Waals surface area contributed by atoms with Crippen molar-refractivity contribution in [2.24, 2.45) is 5.73 Å². The number of nitrogens with two attached hydrogens (primary N) is 1. The normalized spacial score (nSPS) is 12.9. The summed E-state index contributed by atoms with van der Waals surface area (Å²) in [6, 6.07) is 11.7. The zero-order valence-electron chi connectivity index (χ0n) is 14.1. The number of hydrogen-bond acceptors (Lipinski definition) is 2. The topological polar surface area (TPSA) is 48.0 Å². The van der Waals surface area contributed by atoms with Crippen molar-refractivity contribution in [2.75, 3.05) is 0 Å². The zero-order chi connectivity index (χ0) is 16.4. The molecular weight excluding hydrogens is 272 g/mol. The van der Waals surface area contributed by atoms with Gasteiger partial charge in [0.1, 0.15) is 0 Å². The summed E-state index contributed by atoms with van der Waals surface area (Å²) in [6.45, 7) is 10.3. The molecule has 1 unspecified atom stereocenters. The van der Waals surface area contributed by atoms with Crippen LogP contribution in [0.25, 0.3) is 0 Å². The molecule has 2 N–H and O–H groups in total. The smallest absolute Gasteiger partial charge is 0.256 e. The monoisotopic (exact) mass is 298 g/mol. The summed E-state index contributed by atoms with van der Waals surface area (Å²) in [6.07, 6.45) is 0. The van der Waals surface area contributed by atoms with E-state index in [4.69, 9.17) is 5.73 Å². The average molecular weight is 298 g/mol. The molecule has 0 aliphatic heterocycles. The van der Waals surface area contributed by atoms with Crippen LogP contribution in [0.2, 0.25) is 0 Å². The number of benzene rings is 1. The first kappa shape index (κ1) is 16.5. The van der Waals surface area contributed by atoms with Crippen molar-refractivity contribution in [3.63, 3.8) is 0 Å². The summed E-state index contributed by atoms with van der Waals surface area (Å²) < 4.78 is 1.87. The molecule has 3 nitrogen and oxygen atoms in total. The van der Waals surface area contributed by atoms with Crippen LogP contribution in [0.4, 0.5) is 0 Å². The van der Waals surface area contributed by atoms with Gasteiger partial charge in [-0.1, -0.05) is 43.7 Å². The van der Waals surface area contributed by atoms with Crippen molar-refractivity contribution >= 4 is 0 Å². The third-order valence-electron chi connectivity index (χ3n) is 4.06. The van der Waals surface area contributed by atoms with E-state index >= 15 is 0 Å². The number of aromatic nitrogens is 1. The summed E-state index contributed by atoms with van der Waals surface area (Å²) in [5.41, 5.74) is 10.2. The Hall–Kier alpha value is -1.87. The quantitative estimate of drug-likeness (QED) is 0.930. The standard InChI is InChI=1S/C19H26N2O/c1-12(2)17-11-10-16(19(22)21(17)13(3)4)18(20)15-8-6-14(5)7-9-15/h6-13,18H,20H2,1-5H3. The number of nitrogens with zero attached hydrogens (tertiary/aromatic N) is 1. The lowest BCUT2D eigenvalue weighted by molar-refractivity contribution is 0.528. The van der Waals surface area contributed by atoms with Crippen molar-refractivity contribution in [2.45, 2.75) is 52.6 Å². The zero-order valence-corrected chi connectivity index (χ0v) is 14.1. The first-order chi connectivity index (χ1) is 10.3. The van der Waals surface area contributed by atoms with Crippen LogP contribution in [-0.2, 0) is 0 Å². The van der Waals surface area contributed by atoms with Gasteiger partial charge in [-0.25, -0.2) is 0 Å². The molecule has 0 fully saturated rings. The van der Waals surface area contributed by atoms with Crippen LogP contribution in [0, 0.1) is 6.92 Å². The highest BCUT2D eigenvalue weighted by atomic mass is 16.1. The fraction of sp³-hybridized carbons (Fsp3) is 0.421. The van der Waals surface area contributed by atoms with Gasteiger partial charge in [0, 0.05) is 17.3 Å². The number of rotatable bonds is 4. The van der Waals surface area contributed by atoms with E-state index in [2.05, 4.69) is 13.8 Å². The van der Waals surface area contributed by atoms with Gasteiger partial charge in [0.25, 0.3) is 5.56 Å². The first-order valence-electron chi connectivity index (χ1n) is 7.90. The molecule has 1 atom stereocenters. The molecular formula is C19H26N2O. The molecule has 0 saturated heterocycles. The van der Waals surface area contributed by atoms with Gasteiger partial charge in [0.2, 0.25) is 0 Å². The van der Waals surface area contributed by atoms with Gasteiger partial charge in [-0.2, -0.15) is 0 Å². The molecule has 2 rings (SSSR count). The van der Waals surface area contributed by atoms with E-state index in [1.54, 1.807) is 0 Å². The lowest BCUT2D eigenvalue weighted by atomic mass is 9.98. The van der Waals surface area contributed by atoms with Gasteiger partial charge in [-0.3, -0.25) is 4.79 Å². The highest BCUT2D eigenvalue weighted by Crippen LogP contribution is 2.22. The molecule has 22 heavy (non-hydrogen) atoms. The number of pyridine rings is 1. The Bertz CT molecular complexity index is 696. The van der Waals surface area contributed by atoms with E-state index in [-0.39, 0.29) is 17.6 Å². The summed E-state index contributed by atoms with van der Waals surface area (Å²) in [5, 5.41) is 0. The highest BCUT2D eigenvalue weighted by molar-refractivity contribution is 5.33. The Morgan fingerprint density at radius 2 is 1.55 bits per heavy atom.